The molecule has 2 fully saturated rings. The highest BCUT2D eigenvalue weighted by atomic mass is 35.5. The van der Waals surface area contributed by atoms with Crippen molar-refractivity contribution in [3.8, 4) is 11.5 Å². The number of ether oxygens (including phenoxy) is 1. The molecule has 0 saturated carbocycles. The third-order valence-corrected chi connectivity index (χ3v) is 9.23. The molecule has 0 spiro atoms. The van der Waals surface area contributed by atoms with Crippen molar-refractivity contribution in [2.24, 2.45) is 13.0 Å². The maximum atomic E-state index is 12.8. The largest absolute Gasteiger partial charge is 0.503 e. The fourth-order valence-corrected chi connectivity index (χ4v) is 6.90. The summed E-state index contributed by atoms with van der Waals surface area (Å²) >= 11 is 6.19. The van der Waals surface area contributed by atoms with E-state index in [4.69, 9.17) is 16.3 Å². The molecule has 2 atom stereocenters. The van der Waals surface area contributed by atoms with Gasteiger partial charge in [0.1, 0.15) is 12.4 Å². The number of piperazine rings is 1. The van der Waals surface area contributed by atoms with Gasteiger partial charge in [0.15, 0.2) is 5.75 Å². The van der Waals surface area contributed by atoms with Crippen LogP contribution >= 0.6 is 11.6 Å². The summed E-state index contributed by atoms with van der Waals surface area (Å²) in [5.41, 5.74) is 2.45. The first-order valence-corrected chi connectivity index (χ1v) is 14.9. The number of rotatable bonds is 8. The number of fused-ring (bicyclic) bond motifs is 4. The van der Waals surface area contributed by atoms with Crippen molar-refractivity contribution in [1.82, 2.24) is 23.8 Å². The van der Waals surface area contributed by atoms with Crippen LogP contribution in [0.3, 0.4) is 0 Å². The SMILES string of the molecule is Cn1c(CN2CC3CC(C2)c2cccc(=O)n2C3)cc(=O)c(O)c1CN1CCN(CCOc2ccccc2Cl)CC1. The summed E-state index contributed by atoms with van der Waals surface area (Å²) in [6, 6.07) is 14.7. The van der Waals surface area contributed by atoms with E-state index in [-0.39, 0.29) is 16.7 Å². The lowest BCUT2D eigenvalue weighted by Crippen LogP contribution is -2.47. The molecule has 0 radical (unpaired) electrons. The lowest BCUT2D eigenvalue weighted by Gasteiger charge is -2.43. The zero-order valence-electron chi connectivity index (χ0n) is 23.5. The summed E-state index contributed by atoms with van der Waals surface area (Å²) in [6.45, 7) is 8.52. The fourth-order valence-electron chi connectivity index (χ4n) is 6.71. The van der Waals surface area contributed by atoms with Crippen LogP contribution in [-0.2, 0) is 26.7 Å². The van der Waals surface area contributed by atoms with Crippen LogP contribution in [0.2, 0.25) is 5.02 Å². The zero-order valence-corrected chi connectivity index (χ0v) is 24.3. The number of aromatic hydroxyl groups is 1. The van der Waals surface area contributed by atoms with Gasteiger partial charge < -0.3 is 19.0 Å². The molecule has 3 aliphatic heterocycles. The number of likely N-dealkylation sites (tertiary alicyclic amines) is 1. The number of hydrogen-bond acceptors (Lipinski definition) is 7. The fraction of sp³-hybridized carbons (Fsp3) is 0.484. The Bertz CT molecular complexity index is 1510. The molecule has 1 N–H and O–H groups in total. The van der Waals surface area contributed by atoms with Gasteiger partial charge in [-0.2, -0.15) is 0 Å². The summed E-state index contributed by atoms with van der Waals surface area (Å²) in [7, 11) is 1.95. The number of para-hydroxylation sites is 1. The van der Waals surface area contributed by atoms with Gasteiger partial charge in [-0.25, -0.2) is 0 Å². The van der Waals surface area contributed by atoms with Crippen molar-refractivity contribution < 1.29 is 9.84 Å². The molecule has 0 amide bonds. The molecule has 218 valence electrons. The Hall–Kier alpha value is -3.11. The van der Waals surface area contributed by atoms with Gasteiger partial charge >= 0.3 is 0 Å². The van der Waals surface area contributed by atoms with E-state index in [1.54, 1.807) is 12.1 Å². The van der Waals surface area contributed by atoms with E-state index in [0.29, 0.717) is 48.0 Å². The smallest absolute Gasteiger partial charge is 0.250 e. The van der Waals surface area contributed by atoms with Crippen LogP contribution in [0.15, 0.2) is 58.1 Å². The van der Waals surface area contributed by atoms with Gasteiger partial charge in [-0.15, -0.1) is 0 Å². The lowest BCUT2D eigenvalue weighted by molar-refractivity contribution is 0.107. The Balaban J connectivity index is 1.07. The van der Waals surface area contributed by atoms with E-state index in [0.717, 1.165) is 70.2 Å². The number of piperidine rings is 1. The minimum Gasteiger partial charge on any atom is -0.503 e. The molecule has 41 heavy (non-hydrogen) atoms. The van der Waals surface area contributed by atoms with E-state index in [2.05, 4.69) is 20.8 Å². The molecule has 5 heterocycles. The second-order valence-electron chi connectivity index (χ2n) is 11.6. The molecular formula is C31H38ClN5O4. The van der Waals surface area contributed by atoms with Crippen LogP contribution in [0, 0.1) is 5.92 Å². The van der Waals surface area contributed by atoms with Crippen molar-refractivity contribution in [2.75, 3.05) is 52.4 Å². The Kier molecular flexibility index (Phi) is 8.21. The number of hydrogen-bond donors (Lipinski definition) is 1. The van der Waals surface area contributed by atoms with E-state index in [1.807, 2.05) is 46.5 Å². The Morgan fingerprint density at radius 3 is 2.51 bits per heavy atom. The van der Waals surface area contributed by atoms with Gasteiger partial charge in [0.25, 0.3) is 5.56 Å². The molecule has 2 saturated heterocycles. The third kappa shape index (κ3) is 6.09. The molecule has 10 heteroatoms. The van der Waals surface area contributed by atoms with Crippen LogP contribution in [0.1, 0.15) is 29.4 Å². The summed E-state index contributed by atoms with van der Waals surface area (Å²) < 4.78 is 9.80. The molecule has 0 aliphatic carbocycles. The lowest BCUT2D eigenvalue weighted by atomic mass is 9.83. The highest BCUT2D eigenvalue weighted by molar-refractivity contribution is 6.32. The van der Waals surface area contributed by atoms with Gasteiger partial charge in [-0.3, -0.25) is 24.3 Å². The molecule has 1 aromatic carbocycles. The first kappa shape index (κ1) is 28.0. The van der Waals surface area contributed by atoms with Gasteiger partial charge in [-0.05, 0) is 30.5 Å². The highest BCUT2D eigenvalue weighted by Gasteiger charge is 2.34. The van der Waals surface area contributed by atoms with Gasteiger partial charge in [-0.1, -0.05) is 29.8 Å². The zero-order chi connectivity index (χ0) is 28.5. The normalized spacial score (nSPS) is 21.5. The summed E-state index contributed by atoms with van der Waals surface area (Å²) in [5.74, 6) is 1.28. The summed E-state index contributed by atoms with van der Waals surface area (Å²) in [5, 5.41) is 11.4. The van der Waals surface area contributed by atoms with Crippen LogP contribution < -0.4 is 15.7 Å². The van der Waals surface area contributed by atoms with Crippen molar-refractivity contribution in [2.45, 2.75) is 32.0 Å². The second kappa shape index (κ2) is 12.0. The number of nitrogens with zero attached hydrogens (tertiary/aromatic N) is 5. The van der Waals surface area contributed by atoms with E-state index in [1.165, 1.54) is 0 Å². The minimum atomic E-state index is -0.322. The first-order valence-electron chi connectivity index (χ1n) is 14.5. The van der Waals surface area contributed by atoms with Gasteiger partial charge in [0.05, 0.1) is 10.7 Å². The monoisotopic (exact) mass is 579 g/mol. The molecular weight excluding hydrogens is 542 g/mol. The Morgan fingerprint density at radius 2 is 1.71 bits per heavy atom. The van der Waals surface area contributed by atoms with Crippen LogP contribution in [0.25, 0.3) is 0 Å². The third-order valence-electron chi connectivity index (χ3n) is 8.92. The number of halogens is 1. The summed E-state index contributed by atoms with van der Waals surface area (Å²) in [4.78, 5) is 32.3. The standard InChI is InChI=1S/C31H38ClN5O4/c1-33-24(20-36-17-22-15-23(19-36)26-6-4-8-30(39)37(26)18-22)16-28(38)31(40)27(33)21-35-11-9-34(10-12-35)13-14-41-29-7-3-2-5-25(29)32/h2-8,16,22-23,40H,9-15,17-21H2,1H3. The number of pyridine rings is 2. The molecule has 2 aromatic heterocycles. The average Bonchev–Trinajstić information content (AvgIpc) is 2.96. The van der Waals surface area contributed by atoms with E-state index < -0.39 is 0 Å². The predicted molar refractivity (Wildman–Crippen MR) is 159 cm³/mol. The Morgan fingerprint density at radius 1 is 0.927 bits per heavy atom. The average molecular weight is 580 g/mol. The molecule has 3 aliphatic rings. The van der Waals surface area contributed by atoms with Crippen molar-refractivity contribution in [1.29, 1.82) is 0 Å². The first-order chi connectivity index (χ1) is 19.9. The predicted octanol–water partition coefficient (Wildman–Crippen LogP) is 2.72. The highest BCUT2D eigenvalue weighted by Crippen LogP contribution is 2.35. The molecule has 3 aromatic rings. The maximum absolute atomic E-state index is 12.8. The topological polar surface area (TPSA) is 83.2 Å². The maximum Gasteiger partial charge on any atom is 0.250 e. The molecule has 9 nitrogen and oxygen atoms in total. The quantitative estimate of drug-likeness (QED) is 0.439. The van der Waals surface area contributed by atoms with Gasteiger partial charge in [0.2, 0.25) is 5.43 Å². The van der Waals surface area contributed by atoms with Crippen LogP contribution in [0.4, 0.5) is 0 Å². The van der Waals surface area contributed by atoms with Crippen molar-refractivity contribution in [3.63, 3.8) is 0 Å². The second-order valence-corrected chi connectivity index (χ2v) is 12.1. The molecule has 2 unspecified atom stereocenters. The Labute approximate surface area is 245 Å². The van der Waals surface area contributed by atoms with E-state index >= 15 is 0 Å². The minimum absolute atomic E-state index is 0.0856. The van der Waals surface area contributed by atoms with Crippen LogP contribution in [0.5, 0.6) is 11.5 Å². The summed E-state index contributed by atoms with van der Waals surface area (Å²) in [6.07, 6.45) is 1.10. The number of aromatic nitrogens is 2. The van der Waals surface area contributed by atoms with Gasteiger partial charge in [0, 0.05) is 102 Å². The molecule has 2 bridgehead atoms. The van der Waals surface area contributed by atoms with Crippen molar-refractivity contribution in [3.05, 3.63) is 91.2 Å². The van der Waals surface area contributed by atoms with Crippen molar-refractivity contribution >= 4 is 11.6 Å². The van der Waals surface area contributed by atoms with Crippen LogP contribution in [-0.4, -0.2) is 81.4 Å². The molecule has 6 rings (SSSR count). The number of benzene rings is 1. The van der Waals surface area contributed by atoms with E-state index in [9.17, 15) is 14.7 Å².